The SMILES string of the molecule is C=CCN(CCOCCC(=O)NC(C(=O)NC(CCCCN)C(=O)O)c1ccccc1)CCOCCC(=O)NC(C(=O)CC(CCCNC(N)=O)C(=O)O)C(C)C. The van der Waals surface area contributed by atoms with Gasteiger partial charge in [0.05, 0.1) is 38.4 Å². The van der Waals surface area contributed by atoms with Gasteiger partial charge in [-0.1, -0.05) is 50.3 Å². The Morgan fingerprint density at radius 1 is 0.825 bits per heavy atom. The summed E-state index contributed by atoms with van der Waals surface area (Å²) < 4.78 is 11.3. The number of carboxylic acids is 2. The van der Waals surface area contributed by atoms with Crippen LogP contribution in [0.2, 0.25) is 0 Å². The highest BCUT2D eigenvalue weighted by atomic mass is 16.5. The molecule has 5 amide bonds. The van der Waals surface area contributed by atoms with Crippen LogP contribution in [0, 0.1) is 11.8 Å². The van der Waals surface area contributed by atoms with E-state index in [1.165, 1.54) is 0 Å². The number of ketones is 1. The number of benzene rings is 1. The van der Waals surface area contributed by atoms with Gasteiger partial charge in [-0.3, -0.25) is 28.9 Å². The van der Waals surface area contributed by atoms with Crippen molar-refractivity contribution < 1.29 is 53.2 Å². The monoisotopic (exact) mass is 805 g/mol. The summed E-state index contributed by atoms with van der Waals surface area (Å²) >= 11 is 0. The maximum absolute atomic E-state index is 13.2. The predicted octanol–water partition coefficient (Wildman–Crippen LogP) is 1.09. The Morgan fingerprint density at radius 2 is 1.44 bits per heavy atom. The molecule has 0 spiro atoms. The number of unbranched alkanes of at least 4 members (excludes halogenated alkanes) is 1. The fourth-order valence-electron chi connectivity index (χ4n) is 5.69. The second-order valence-electron chi connectivity index (χ2n) is 13.8. The number of Topliss-reactive ketones (excluding diaryl/α,β-unsaturated/α-hetero) is 1. The van der Waals surface area contributed by atoms with Gasteiger partial charge in [0.25, 0.3) is 0 Å². The van der Waals surface area contributed by atoms with Crippen molar-refractivity contribution in [1.82, 2.24) is 26.2 Å². The molecule has 10 N–H and O–H groups in total. The molecule has 1 aromatic rings. The van der Waals surface area contributed by atoms with Crippen LogP contribution < -0.4 is 32.7 Å². The van der Waals surface area contributed by atoms with Crippen LogP contribution in [0.1, 0.15) is 76.8 Å². The predicted molar refractivity (Wildman–Crippen MR) is 212 cm³/mol. The Labute approximate surface area is 334 Å². The van der Waals surface area contributed by atoms with Gasteiger partial charge < -0.3 is 52.4 Å². The zero-order valence-corrected chi connectivity index (χ0v) is 33.2. The molecule has 0 aliphatic rings. The summed E-state index contributed by atoms with van der Waals surface area (Å²) in [5.41, 5.74) is 11.0. The quantitative estimate of drug-likeness (QED) is 0.0365. The minimum absolute atomic E-state index is 0.00793. The standard InChI is InChI=1S/C39H63N7O11/c1-4-19-46(20-24-56-22-15-32(48)44-34(27(2)3)31(47)26-29(37(51)52)13-10-18-42-39(41)55)21-25-57-23-16-33(49)45-35(28-11-6-5-7-12-28)36(50)43-30(38(53)54)14-8-9-17-40/h4-7,11-12,27,29-30,34-35H,1,8-10,13-26,40H2,2-3H3,(H,43,50)(H,44,48)(H,45,49)(H,51,52)(H,53,54)(H3,41,42,55). The van der Waals surface area contributed by atoms with Crippen LogP contribution in [0.25, 0.3) is 0 Å². The zero-order chi connectivity index (χ0) is 42.6. The number of carboxylic acid groups (broad SMARTS) is 2. The maximum atomic E-state index is 13.2. The van der Waals surface area contributed by atoms with Crippen molar-refractivity contribution >= 4 is 41.5 Å². The van der Waals surface area contributed by atoms with Crippen LogP contribution in [0.4, 0.5) is 4.79 Å². The molecule has 18 nitrogen and oxygen atoms in total. The Hall–Kier alpha value is -4.91. The minimum Gasteiger partial charge on any atom is -0.481 e. The number of hydrogen-bond acceptors (Lipinski definition) is 11. The highest BCUT2D eigenvalue weighted by Crippen LogP contribution is 2.17. The first kappa shape index (κ1) is 50.1. The third-order valence-corrected chi connectivity index (χ3v) is 8.86. The number of hydrogen-bond donors (Lipinski definition) is 8. The third-order valence-electron chi connectivity index (χ3n) is 8.86. The normalized spacial score (nSPS) is 13.2. The lowest BCUT2D eigenvalue weighted by Gasteiger charge is -2.23. The lowest BCUT2D eigenvalue weighted by molar-refractivity contribution is -0.144. The molecule has 1 rings (SSSR count). The summed E-state index contributed by atoms with van der Waals surface area (Å²) in [5.74, 6) is -5.43. The van der Waals surface area contributed by atoms with Gasteiger partial charge in [-0.15, -0.1) is 6.58 Å². The first-order valence-corrected chi connectivity index (χ1v) is 19.3. The van der Waals surface area contributed by atoms with E-state index in [-0.39, 0.29) is 64.4 Å². The van der Waals surface area contributed by atoms with Crippen molar-refractivity contribution in [1.29, 1.82) is 0 Å². The van der Waals surface area contributed by atoms with Crippen LogP contribution >= 0.6 is 0 Å². The van der Waals surface area contributed by atoms with Crippen LogP contribution in [-0.2, 0) is 38.2 Å². The summed E-state index contributed by atoms with van der Waals surface area (Å²) in [6, 6.07) is 4.73. The Bertz CT molecular complexity index is 1410. The molecule has 0 heterocycles. The molecular weight excluding hydrogens is 742 g/mol. The second kappa shape index (κ2) is 29.3. The molecule has 320 valence electrons. The fraction of sp³-hybridized carbons (Fsp3) is 0.615. The lowest BCUT2D eigenvalue weighted by Crippen LogP contribution is -2.47. The van der Waals surface area contributed by atoms with E-state index in [1.54, 1.807) is 50.3 Å². The molecule has 0 saturated carbocycles. The molecule has 0 fully saturated rings. The molecule has 0 radical (unpaired) electrons. The number of carbonyl (C=O) groups excluding carboxylic acids is 5. The highest BCUT2D eigenvalue weighted by Gasteiger charge is 2.30. The zero-order valence-electron chi connectivity index (χ0n) is 33.2. The highest BCUT2D eigenvalue weighted by molar-refractivity contribution is 5.92. The van der Waals surface area contributed by atoms with Crippen molar-refractivity contribution in [2.45, 2.75) is 83.3 Å². The van der Waals surface area contributed by atoms with E-state index < -0.39 is 65.5 Å². The number of urea groups is 1. The molecule has 0 aliphatic heterocycles. The molecule has 18 heteroatoms. The van der Waals surface area contributed by atoms with Gasteiger partial charge in [0.2, 0.25) is 17.7 Å². The first-order valence-electron chi connectivity index (χ1n) is 19.3. The van der Waals surface area contributed by atoms with Crippen molar-refractivity contribution in [2.24, 2.45) is 23.3 Å². The summed E-state index contributed by atoms with van der Waals surface area (Å²) in [4.78, 5) is 87.9. The summed E-state index contributed by atoms with van der Waals surface area (Å²) in [6.07, 6.45) is 3.25. The molecule has 0 bridgehead atoms. The van der Waals surface area contributed by atoms with Gasteiger partial charge in [-0.25, -0.2) is 9.59 Å². The molecule has 57 heavy (non-hydrogen) atoms. The molecular formula is C39H63N7O11. The van der Waals surface area contributed by atoms with Gasteiger partial charge in [0.1, 0.15) is 12.1 Å². The van der Waals surface area contributed by atoms with E-state index in [2.05, 4.69) is 27.8 Å². The molecule has 1 aromatic carbocycles. The number of nitrogens with two attached hydrogens (primary N) is 2. The number of aliphatic carboxylic acids is 2. The molecule has 0 aromatic heterocycles. The van der Waals surface area contributed by atoms with E-state index in [0.717, 1.165) is 0 Å². The maximum Gasteiger partial charge on any atom is 0.326 e. The average Bonchev–Trinajstić information content (AvgIpc) is 3.16. The van der Waals surface area contributed by atoms with Crippen molar-refractivity contribution in [3.05, 3.63) is 48.6 Å². The number of carbonyl (C=O) groups is 7. The van der Waals surface area contributed by atoms with E-state index in [9.17, 15) is 43.8 Å². The van der Waals surface area contributed by atoms with E-state index >= 15 is 0 Å². The topological polar surface area (TPSA) is 282 Å². The van der Waals surface area contributed by atoms with Gasteiger partial charge in [0.15, 0.2) is 5.78 Å². The first-order chi connectivity index (χ1) is 27.2. The summed E-state index contributed by atoms with van der Waals surface area (Å²) in [6.45, 7) is 10.1. The third kappa shape index (κ3) is 22.4. The largest absolute Gasteiger partial charge is 0.481 e. The van der Waals surface area contributed by atoms with Gasteiger partial charge in [-0.05, 0) is 50.1 Å². The van der Waals surface area contributed by atoms with Crippen LogP contribution in [0.5, 0.6) is 0 Å². The lowest BCUT2D eigenvalue weighted by atomic mass is 9.90. The fourth-order valence-corrected chi connectivity index (χ4v) is 5.69. The Morgan fingerprint density at radius 3 is 1.96 bits per heavy atom. The van der Waals surface area contributed by atoms with Crippen molar-refractivity contribution in [3.8, 4) is 0 Å². The number of amides is 5. The molecule has 4 atom stereocenters. The minimum atomic E-state index is -1.17. The number of nitrogens with zero attached hydrogens (tertiary/aromatic N) is 1. The van der Waals surface area contributed by atoms with Gasteiger partial charge in [0, 0.05) is 45.4 Å². The summed E-state index contributed by atoms with van der Waals surface area (Å²) in [7, 11) is 0. The number of primary amides is 1. The van der Waals surface area contributed by atoms with Crippen LogP contribution in [0.3, 0.4) is 0 Å². The summed E-state index contributed by atoms with van der Waals surface area (Å²) in [5, 5.41) is 29.5. The van der Waals surface area contributed by atoms with E-state index in [1.807, 2.05) is 4.90 Å². The molecule has 4 unspecified atom stereocenters. The number of ether oxygens (including phenoxy) is 2. The Balaban J connectivity index is 2.50. The van der Waals surface area contributed by atoms with E-state index in [4.69, 9.17) is 20.9 Å². The van der Waals surface area contributed by atoms with Gasteiger partial charge >= 0.3 is 18.0 Å². The van der Waals surface area contributed by atoms with Crippen LogP contribution in [-0.4, -0.2) is 128 Å². The second-order valence-corrected chi connectivity index (χ2v) is 13.8. The smallest absolute Gasteiger partial charge is 0.326 e. The van der Waals surface area contributed by atoms with Crippen molar-refractivity contribution in [3.63, 3.8) is 0 Å². The average molecular weight is 806 g/mol. The molecule has 0 saturated heterocycles. The molecule has 0 aliphatic carbocycles. The van der Waals surface area contributed by atoms with Crippen LogP contribution in [0.15, 0.2) is 43.0 Å². The number of nitrogens with one attached hydrogen (secondary N) is 4. The Kier molecular flexibility index (Phi) is 25.8. The van der Waals surface area contributed by atoms with Gasteiger partial charge in [-0.2, -0.15) is 0 Å². The van der Waals surface area contributed by atoms with Crippen molar-refractivity contribution in [2.75, 3.05) is 59.2 Å². The number of rotatable bonds is 33. The van der Waals surface area contributed by atoms with E-state index in [0.29, 0.717) is 57.6 Å².